The summed E-state index contributed by atoms with van der Waals surface area (Å²) in [6, 6.07) is 0.377. The lowest BCUT2D eigenvalue weighted by molar-refractivity contribution is 0.463. The fourth-order valence-electron chi connectivity index (χ4n) is 0.359. The van der Waals surface area contributed by atoms with E-state index in [1.54, 1.807) is 6.20 Å². The normalized spacial score (nSPS) is 9.67. The number of nitrogens with zero attached hydrogens (tertiary/aromatic N) is 1. The van der Waals surface area contributed by atoms with Gasteiger partial charge in [-0.05, 0) is 0 Å². The van der Waals surface area contributed by atoms with Gasteiger partial charge in [-0.3, -0.25) is 0 Å². The van der Waals surface area contributed by atoms with Crippen molar-refractivity contribution in [2.45, 2.75) is 0 Å². The van der Waals surface area contributed by atoms with Crippen LogP contribution in [0.2, 0.25) is 0 Å². The van der Waals surface area contributed by atoms with Crippen LogP contribution >= 0.6 is 0 Å². The molecule has 47 valence electrons. The van der Waals surface area contributed by atoms with Crippen molar-refractivity contribution in [3.05, 3.63) is 29.8 Å². The van der Waals surface area contributed by atoms with E-state index in [0.29, 0.717) is 6.07 Å². The summed E-state index contributed by atoms with van der Waals surface area (Å²) in [5.41, 5.74) is 0. The van der Waals surface area contributed by atoms with Crippen LogP contribution in [-0.2, 0) is 0 Å². The Bertz CT molecular complexity index is 223. The van der Waals surface area contributed by atoms with E-state index in [4.69, 9.17) is 0 Å². The highest BCUT2D eigenvalue weighted by Crippen LogP contribution is 2.01. The molecule has 1 nitrogen and oxygen atoms in total. The molecule has 0 aliphatic rings. The summed E-state index contributed by atoms with van der Waals surface area (Å²) in [5.74, 6) is -3.64. The molecule has 0 N–H and O–H groups in total. The van der Waals surface area contributed by atoms with Gasteiger partial charge in [0.25, 0.3) is 0 Å². The van der Waals surface area contributed by atoms with Crippen LogP contribution < -0.4 is 0 Å². The lowest BCUT2D eigenvalue weighted by Gasteiger charge is -1.87. The van der Waals surface area contributed by atoms with Crippen LogP contribution in [0.5, 0.6) is 0 Å². The predicted molar refractivity (Wildman–Crippen MR) is 22.9 cm³/mol. The monoisotopic (exact) mass is 132 g/mol. The minimum absolute atomic E-state index is 0.377. The Labute approximate surface area is 49.1 Å². The third-order valence-electron chi connectivity index (χ3n) is 0.711. The first-order valence-corrected chi connectivity index (χ1v) is 2.09. The molecule has 1 rings (SSSR count). The molecule has 0 unspecified atom stereocenters. The SMILES string of the molecule is Fc1[c]nc(F)c(F)c1. The summed E-state index contributed by atoms with van der Waals surface area (Å²) >= 11 is 0. The Morgan fingerprint density at radius 1 is 1.33 bits per heavy atom. The summed E-state index contributed by atoms with van der Waals surface area (Å²) in [7, 11) is 0. The van der Waals surface area contributed by atoms with E-state index in [2.05, 4.69) is 4.98 Å². The molecule has 0 saturated heterocycles. The molecule has 0 atom stereocenters. The van der Waals surface area contributed by atoms with Crippen molar-refractivity contribution < 1.29 is 13.2 Å². The molecule has 9 heavy (non-hydrogen) atoms. The van der Waals surface area contributed by atoms with Crippen LogP contribution in [0.25, 0.3) is 0 Å². The molecule has 1 heterocycles. The Morgan fingerprint density at radius 2 is 2.00 bits per heavy atom. The minimum atomic E-state index is -1.34. The number of hydrogen-bond acceptors (Lipinski definition) is 1. The molecule has 0 spiro atoms. The van der Waals surface area contributed by atoms with Gasteiger partial charge in [-0.2, -0.15) is 4.39 Å². The van der Waals surface area contributed by atoms with Crippen molar-refractivity contribution in [1.29, 1.82) is 0 Å². The van der Waals surface area contributed by atoms with Crippen molar-refractivity contribution in [3.8, 4) is 0 Å². The third kappa shape index (κ3) is 1.19. The number of aromatic nitrogens is 1. The van der Waals surface area contributed by atoms with Crippen molar-refractivity contribution in [3.63, 3.8) is 0 Å². The lowest BCUT2D eigenvalue weighted by atomic mass is 10.4. The van der Waals surface area contributed by atoms with E-state index < -0.39 is 17.6 Å². The molecular weight excluding hydrogens is 131 g/mol. The molecule has 0 saturated carbocycles. The predicted octanol–water partition coefficient (Wildman–Crippen LogP) is 1.30. The van der Waals surface area contributed by atoms with Crippen molar-refractivity contribution in [1.82, 2.24) is 4.98 Å². The molecule has 1 aromatic rings. The molecule has 0 bridgehead atoms. The second-order valence-electron chi connectivity index (χ2n) is 1.35. The number of halogens is 3. The molecule has 1 radical (unpaired) electrons. The molecule has 1 aromatic heterocycles. The van der Waals surface area contributed by atoms with Gasteiger partial charge < -0.3 is 0 Å². The topological polar surface area (TPSA) is 12.9 Å². The van der Waals surface area contributed by atoms with Gasteiger partial charge in [-0.1, -0.05) is 0 Å². The van der Waals surface area contributed by atoms with E-state index in [0.717, 1.165) is 0 Å². The van der Waals surface area contributed by atoms with Gasteiger partial charge in [0.2, 0.25) is 5.95 Å². The zero-order valence-corrected chi connectivity index (χ0v) is 4.16. The summed E-state index contributed by atoms with van der Waals surface area (Å²) in [5, 5.41) is 0. The quantitative estimate of drug-likeness (QED) is 0.485. The molecule has 0 amide bonds. The van der Waals surface area contributed by atoms with Gasteiger partial charge in [-0.25, -0.2) is 13.8 Å². The first-order valence-electron chi connectivity index (χ1n) is 2.09. The Kier molecular flexibility index (Phi) is 1.38. The van der Waals surface area contributed by atoms with Crippen molar-refractivity contribution in [2.75, 3.05) is 0 Å². The van der Waals surface area contributed by atoms with Crippen molar-refractivity contribution in [2.24, 2.45) is 0 Å². The number of hydrogen-bond donors (Lipinski definition) is 0. The third-order valence-corrected chi connectivity index (χ3v) is 0.711. The standard InChI is InChI=1S/C5HF3N/c6-3-1-4(7)5(8)9-2-3/h1H. The van der Waals surface area contributed by atoms with Crippen molar-refractivity contribution >= 4 is 0 Å². The zero-order chi connectivity index (χ0) is 6.85. The maximum Gasteiger partial charge on any atom is 0.249 e. The maximum absolute atomic E-state index is 11.9. The van der Waals surface area contributed by atoms with Gasteiger partial charge in [0.05, 0.1) is 0 Å². The molecule has 0 fully saturated rings. The highest BCUT2D eigenvalue weighted by Gasteiger charge is 2.02. The smallest absolute Gasteiger partial charge is 0.212 e. The Morgan fingerprint density at radius 3 is 2.44 bits per heavy atom. The first kappa shape index (κ1) is 6.07. The van der Waals surface area contributed by atoms with Gasteiger partial charge >= 0.3 is 0 Å². The van der Waals surface area contributed by atoms with Gasteiger partial charge in [0.1, 0.15) is 6.20 Å². The minimum Gasteiger partial charge on any atom is -0.212 e. The summed E-state index contributed by atoms with van der Waals surface area (Å²) in [6.45, 7) is 0. The zero-order valence-electron chi connectivity index (χ0n) is 4.16. The lowest BCUT2D eigenvalue weighted by Crippen LogP contribution is -1.89. The fraction of sp³-hybridized carbons (Fsp3) is 0. The van der Waals surface area contributed by atoms with E-state index in [1.807, 2.05) is 0 Å². The molecular formula is C5HF3N. The largest absolute Gasteiger partial charge is 0.249 e. The second-order valence-corrected chi connectivity index (χ2v) is 1.35. The van der Waals surface area contributed by atoms with Crippen LogP contribution in [0.15, 0.2) is 6.07 Å². The summed E-state index contributed by atoms with van der Waals surface area (Å²) in [6.07, 6.45) is 1.61. The van der Waals surface area contributed by atoms with E-state index in [-0.39, 0.29) is 0 Å². The number of rotatable bonds is 0. The molecule has 4 heteroatoms. The Balaban J connectivity index is 3.17. The average Bonchev–Trinajstić information content (AvgIpc) is 1.80. The van der Waals surface area contributed by atoms with Crippen LogP contribution in [0, 0.1) is 23.8 Å². The molecule has 0 aliphatic carbocycles. The van der Waals surface area contributed by atoms with E-state index >= 15 is 0 Å². The van der Waals surface area contributed by atoms with Crippen LogP contribution in [-0.4, -0.2) is 4.98 Å². The molecule has 0 aliphatic heterocycles. The van der Waals surface area contributed by atoms with Crippen LogP contribution in [0.1, 0.15) is 0 Å². The summed E-state index contributed by atoms with van der Waals surface area (Å²) in [4.78, 5) is 2.64. The van der Waals surface area contributed by atoms with E-state index in [1.165, 1.54) is 0 Å². The first-order chi connectivity index (χ1) is 4.20. The molecule has 0 aromatic carbocycles. The highest BCUT2D eigenvalue weighted by molar-refractivity contribution is 4.96. The highest BCUT2D eigenvalue weighted by atomic mass is 19.2. The maximum atomic E-state index is 11.9. The van der Waals surface area contributed by atoms with Crippen LogP contribution in [0.3, 0.4) is 0 Å². The summed E-state index contributed by atoms with van der Waals surface area (Å²) < 4.78 is 35.5. The Hall–Kier alpha value is -1.06. The van der Waals surface area contributed by atoms with Crippen LogP contribution in [0.4, 0.5) is 13.2 Å². The van der Waals surface area contributed by atoms with E-state index in [9.17, 15) is 13.2 Å². The second kappa shape index (κ2) is 2.05. The average molecular weight is 132 g/mol. The van der Waals surface area contributed by atoms with Gasteiger partial charge in [0, 0.05) is 6.07 Å². The fourth-order valence-corrected chi connectivity index (χ4v) is 0.359. The number of pyridine rings is 1. The van der Waals surface area contributed by atoms with Gasteiger partial charge in [0.15, 0.2) is 11.6 Å². The van der Waals surface area contributed by atoms with Gasteiger partial charge in [-0.15, -0.1) is 0 Å².